The molecule has 0 aliphatic carbocycles. The van der Waals surface area contributed by atoms with Crippen molar-refractivity contribution in [1.29, 1.82) is 0 Å². The SMILES string of the molecule is CC(O)CC(C)CNC(=O)C1CC(=O)N(Cc2ccccc2)C1. The molecular formula is C18H26N2O3. The molecule has 1 aromatic carbocycles. The molecule has 1 aliphatic rings. The standard InChI is InChI=1S/C18H26N2O3/c1-13(8-14(2)21)10-19-18(23)16-9-17(22)20(12-16)11-15-6-4-3-5-7-15/h3-7,13-14,16,21H,8-12H2,1-2H3,(H,19,23). The van der Waals surface area contributed by atoms with Crippen LogP contribution in [0.15, 0.2) is 30.3 Å². The quantitative estimate of drug-likeness (QED) is 0.801. The molecule has 3 unspecified atom stereocenters. The number of benzene rings is 1. The lowest BCUT2D eigenvalue weighted by atomic mass is 10.0. The molecule has 23 heavy (non-hydrogen) atoms. The number of rotatable bonds is 7. The Bertz CT molecular complexity index is 530. The maximum Gasteiger partial charge on any atom is 0.225 e. The van der Waals surface area contributed by atoms with E-state index in [-0.39, 0.29) is 36.2 Å². The largest absolute Gasteiger partial charge is 0.393 e. The third-order valence-electron chi connectivity index (χ3n) is 4.17. The molecule has 0 spiro atoms. The van der Waals surface area contributed by atoms with Gasteiger partial charge in [0.25, 0.3) is 0 Å². The van der Waals surface area contributed by atoms with Gasteiger partial charge in [-0.3, -0.25) is 9.59 Å². The second kappa shape index (κ2) is 8.11. The molecule has 2 amide bonds. The van der Waals surface area contributed by atoms with E-state index in [0.717, 1.165) is 5.56 Å². The molecule has 1 fully saturated rings. The zero-order chi connectivity index (χ0) is 16.8. The number of nitrogens with zero attached hydrogens (tertiary/aromatic N) is 1. The summed E-state index contributed by atoms with van der Waals surface area (Å²) in [5.74, 6) is -0.0844. The fourth-order valence-electron chi connectivity index (χ4n) is 2.99. The molecule has 0 radical (unpaired) electrons. The molecule has 2 N–H and O–H groups in total. The van der Waals surface area contributed by atoms with E-state index in [1.165, 1.54) is 0 Å². The van der Waals surface area contributed by atoms with E-state index >= 15 is 0 Å². The number of amides is 2. The summed E-state index contributed by atoms with van der Waals surface area (Å²) in [5.41, 5.74) is 1.08. The lowest BCUT2D eigenvalue weighted by Gasteiger charge is -2.18. The second-order valence-corrected chi connectivity index (χ2v) is 6.60. The minimum absolute atomic E-state index is 0.0334. The number of aliphatic hydroxyl groups excluding tert-OH is 1. The van der Waals surface area contributed by atoms with Crippen LogP contribution in [0.5, 0.6) is 0 Å². The highest BCUT2D eigenvalue weighted by Crippen LogP contribution is 2.20. The number of likely N-dealkylation sites (tertiary alicyclic amines) is 1. The molecule has 0 bridgehead atoms. The summed E-state index contributed by atoms with van der Waals surface area (Å²) in [4.78, 5) is 26.1. The van der Waals surface area contributed by atoms with Gasteiger partial charge >= 0.3 is 0 Å². The zero-order valence-corrected chi connectivity index (χ0v) is 13.9. The van der Waals surface area contributed by atoms with Crippen molar-refractivity contribution in [2.45, 2.75) is 39.3 Å². The van der Waals surface area contributed by atoms with Gasteiger partial charge in [0.05, 0.1) is 12.0 Å². The van der Waals surface area contributed by atoms with Crippen molar-refractivity contribution in [3.05, 3.63) is 35.9 Å². The molecule has 1 heterocycles. The highest BCUT2D eigenvalue weighted by Gasteiger charge is 2.34. The minimum atomic E-state index is -0.365. The summed E-state index contributed by atoms with van der Waals surface area (Å²) in [5, 5.41) is 12.3. The normalized spacial score (nSPS) is 20.4. The maximum absolute atomic E-state index is 12.2. The van der Waals surface area contributed by atoms with Crippen molar-refractivity contribution in [2.24, 2.45) is 11.8 Å². The Morgan fingerprint density at radius 3 is 2.70 bits per heavy atom. The van der Waals surface area contributed by atoms with Crippen LogP contribution in [-0.2, 0) is 16.1 Å². The monoisotopic (exact) mass is 318 g/mol. The highest BCUT2D eigenvalue weighted by molar-refractivity contribution is 5.89. The summed E-state index contributed by atoms with van der Waals surface area (Å²) in [6.07, 6.45) is 0.573. The van der Waals surface area contributed by atoms with Crippen LogP contribution in [0.4, 0.5) is 0 Å². The number of carbonyl (C=O) groups is 2. The Kier molecular flexibility index (Phi) is 6.16. The summed E-state index contributed by atoms with van der Waals surface area (Å²) < 4.78 is 0. The van der Waals surface area contributed by atoms with Crippen LogP contribution in [-0.4, -0.2) is 41.0 Å². The molecule has 5 heteroatoms. The van der Waals surface area contributed by atoms with Crippen LogP contribution >= 0.6 is 0 Å². The maximum atomic E-state index is 12.2. The van der Waals surface area contributed by atoms with Crippen LogP contribution in [0.25, 0.3) is 0 Å². The first-order valence-electron chi connectivity index (χ1n) is 8.23. The van der Waals surface area contributed by atoms with Gasteiger partial charge in [-0.1, -0.05) is 37.3 Å². The lowest BCUT2D eigenvalue weighted by molar-refractivity contribution is -0.129. The average Bonchev–Trinajstić information content (AvgIpc) is 2.86. The van der Waals surface area contributed by atoms with E-state index in [1.807, 2.05) is 37.3 Å². The Labute approximate surface area is 137 Å². The summed E-state index contributed by atoms with van der Waals surface area (Å²) in [6.45, 7) is 5.31. The van der Waals surface area contributed by atoms with Gasteiger partial charge in [0, 0.05) is 26.1 Å². The van der Waals surface area contributed by atoms with Crippen LogP contribution in [0, 0.1) is 11.8 Å². The number of hydrogen-bond donors (Lipinski definition) is 2. The van der Waals surface area contributed by atoms with E-state index < -0.39 is 0 Å². The Morgan fingerprint density at radius 2 is 2.04 bits per heavy atom. The van der Waals surface area contributed by atoms with Crippen molar-refractivity contribution in [3.8, 4) is 0 Å². The zero-order valence-electron chi connectivity index (χ0n) is 13.9. The van der Waals surface area contributed by atoms with E-state index in [9.17, 15) is 14.7 Å². The predicted molar refractivity (Wildman–Crippen MR) is 88.4 cm³/mol. The van der Waals surface area contributed by atoms with Crippen LogP contribution in [0.3, 0.4) is 0 Å². The molecule has 5 nitrogen and oxygen atoms in total. The number of carbonyl (C=O) groups excluding carboxylic acids is 2. The van der Waals surface area contributed by atoms with Gasteiger partial charge in [-0.2, -0.15) is 0 Å². The van der Waals surface area contributed by atoms with Gasteiger partial charge < -0.3 is 15.3 Å². The molecule has 2 rings (SSSR count). The molecule has 126 valence electrons. The Hall–Kier alpha value is -1.88. The summed E-state index contributed by atoms with van der Waals surface area (Å²) >= 11 is 0. The van der Waals surface area contributed by atoms with Gasteiger partial charge in [-0.25, -0.2) is 0 Å². The van der Waals surface area contributed by atoms with Crippen molar-refractivity contribution in [3.63, 3.8) is 0 Å². The molecule has 1 aromatic rings. The van der Waals surface area contributed by atoms with Gasteiger partial charge in [-0.05, 0) is 24.8 Å². The summed E-state index contributed by atoms with van der Waals surface area (Å²) in [6, 6.07) is 9.81. The Balaban J connectivity index is 1.81. The van der Waals surface area contributed by atoms with Crippen molar-refractivity contribution < 1.29 is 14.7 Å². The first kappa shape index (κ1) is 17.5. The van der Waals surface area contributed by atoms with E-state index in [2.05, 4.69) is 5.32 Å². The van der Waals surface area contributed by atoms with E-state index in [0.29, 0.717) is 26.1 Å². The fourth-order valence-corrected chi connectivity index (χ4v) is 2.99. The van der Waals surface area contributed by atoms with Crippen LogP contribution in [0.2, 0.25) is 0 Å². The first-order chi connectivity index (χ1) is 11.0. The van der Waals surface area contributed by atoms with Crippen molar-refractivity contribution in [1.82, 2.24) is 10.2 Å². The van der Waals surface area contributed by atoms with Gasteiger partial charge in [0.1, 0.15) is 0 Å². The lowest BCUT2D eigenvalue weighted by Crippen LogP contribution is -2.35. The highest BCUT2D eigenvalue weighted by atomic mass is 16.3. The first-order valence-corrected chi connectivity index (χ1v) is 8.23. The van der Waals surface area contributed by atoms with Crippen LogP contribution < -0.4 is 5.32 Å². The minimum Gasteiger partial charge on any atom is -0.393 e. The smallest absolute Gasteiger partial charge is 0.225 e. The molecule has 1 saturated heterocycles. The topological polar surface area (TPSA) is 69.6 Å². The van der Waals surface area contributed by atoms with E-state index in [4.69, 9.17) is 0 Å². The van der Waals surface area contributed by atoms with Crippen LogP contribution in [0.1, 0.15) is 32.3 Å². The molecule has 0 aromatic heterocycles. The fraction of sp³-hybridized carbons (Fsp3) is 0.556. The molecular weight excluding hydrogens is 292 g/mol. The third-order valence-corrected chi connectivity index (χ3v) is 4.17. The molecule has 0 saturated carbocycles. The second-order valence-electron chi connectivity index (χ2n) is 6.60. The number of aliphatic hydroxyl groups is 1. The van der Waals surface area contributed by atoms with Crippen molar-refractivity contribution in [2.75, 3.05) is 13.1 Å². The predicted octanol–water partition coefficient (Wildman–Crippen LogP) is 1.56. The number of nitrogens with one attached hydrogen (secondary N) is 1. The molecule has 1 aliphatic heterocycles. The summed E-state index contributed by atoms with van der Waals surface area (Å²) in [7, 11) is 0. The van der Waals surface area contributed by atoms with E-state index in [1.54, 1.807) is 11.8 Å². The number of hydrogen-bond acceptors (Lipinski definition) is 3. The third kappa shape index (κ3) is 5.36. The molecule has 3 atom stereocenters. The average molecular weight is 318 g/mol. The van der Waals surface area contributed by atoms with Crippen molar-refractivity contribution >= 4 is 11.8 Å². The van der Waals surface area contributed by atoms with Gasteiger partial charge in [0.15, 0.2) is 0 Å². The Morgan fingerprint density at radius 1 is 1.35 bits per heavy atom. The van der Waals surface area contributed by atoms with Gasteiger partial charge in [0.2, 0.25) is 11.8 Å². The van der Waals surface area contributed by atoms with Gasteiger partial charge in [-0.15, -0.1) is 0 Å².